The molecule has 2 saturated heterocycles. The minimum Gasteiger partial charge on any atom is -0.355 e. The van der Waals surface area contributed by atoms with Crippen LogP contribution in [0.15, 0.2) is 36.4 Å². The van der Waals surface area contributed by atoms with Crippen LogP contribution in [0.25, 0.3) is 11.3 Å². The fourth-order valence-electron chi connectivity index (χ4n) is 4.19. The predicted octanol–water partition coefficient (Wildman–Crippen LogP) is 2.74. The van der Waals surface area contributed by atoms with Crippen LogP contribution in [0, 0.1) is 5.92 Å². The van der Waals surface area contributed by atoms with Gasteiger partial charge in [0, 0.05) is 43.3 Å². The molecule has 2 fully saturated rings. The fraction of sp³-hybridized carbons (Fsp3) is 0.500. The molecule has 0 aliphatic carbocycles. The second-order valence-corrected chi connectivity index (χ2v) is 10.3. The Labute approximate surface area is 183 Å². The molecular weight excluding hydrogens is 414 g/mol. The molecule has 9 heteroatoms. The molecule has 2 aromatic rings. The number of sulfonamides is 1. The molecule has 8 nitrogen and oxygen atoms in total. The summed E-state index contributed by atoms with van der Waals surface area (Å²) in [5.74, 6) is 0.687. The van der Waals surface area contributed by atoms with Crippen LogP contribution in [0.5, 0.6) is 0 Å². The van der Waals surface area contributed by atoms with E-state index in [0.29, 0.717) is 25.9 Å². The average Bonchev–Trinajstić information content (AvgIpc) is 2.80. The van der Waals surface area contributed by atoms with Crippen molar-refractivity contribution in [2.24, 2.45) is 5.92 Å². The van der Waals surface area contributed by atoms with Crippen LogP contribution in [0.3, 0.4) is 0 Å². The third kappa shape index (κ3) is 5.40. The van der Waals surface area contributed by atoms with Gasteiger partial charge in [-0.3, -0.25) is 4.79 Å². The molecule has 0 atom stereocenters. The number of carbonyl (C=O) groups is 1. The Hall–Kier alpha value is -2.52. The molecule has 1 N–H and O–H groups in total. The highest BCUT2D eigenvalue weighted by atomic mass is 32.2. The molecule has 4 rings (SSSR count). The third-order valence-electron chi connectivity index (χ3n) is 6.07. The number of hydrogen-bond acceptors (Lipinski definition) is 6. The van der Waals surface area contributed by atoms with Gasteiger partial charge in [0.15, 0.2) is 5.82 Å². The van der Waals surface area contributed by atoms with Crippen molar-refractivity contribution in [1.82, 2.24) is 14.5 Å². The summed E-state index contributed by atoms with van der Waals surface area (Å²) in [4.78, 5) is 14.8. The summed E-state index contributed by atoms with van der Waals surface area (Å²) < 4.78 is 24.7. The van der Waals surface area contributed by atoms with E-state index in [4.69, 9.17) is 0 Å². The minimum absolute atomic E-state index is 0.0634. The first kappa shape index (κ1) is 21.7. The summed E-state index contributed by atoms with van der Waals surface area (Å²) in [6.07, 6.45) is 5.97. The van der Waals surface area contributed by atoms with Crippen LogP contribution >= 0.6 is 0 Å². The molecule has 1 aromatic heterocycles. The van der Waals surface area contributed by atoms with Gasteiger partial charge in [0.1, 0.15) is 0 Å². The maximum Gasteiger partial charge on any atom is 0.227 e. The molecule has 1 aromatic carbocycles. The van der Waals surface area contributed by atoms with E-state index in [-0.39, 0.29) is 11.8 Å². The van der Waals surface area contributed by atoms with Gasteiger partial charge in [-0.2, -0.15) is 0 Å². The molecule has 31 heavy (non-hydrogen) atoms. The number of rotatable bonds is 5. The van der Waals surface area contributed by atoms with E-state index in [1.165, 1.54) is 29.8 Å². The second kappa shape index (κ2) is 9.32. The highest BCUT2D eigenvalue weighted by Crippen LogP contribution is 2.24. The normalized spacial score (nSPS) is 18.7. The number of anilines is 2. The van der Waals surface area contributed by atoms with E-state index < -0.39 is 10.0 Å². The third-order valence-corrected chi connectivity index (χ3v) is 7.38. The molecule has 1 amide bonds. The topological polar surface area (TPSA) is 95.5 Å². The Morgan fingerprint density at radius 3 is 2.19 bits per heavy atom. The molecule has 0 saturated carbocycles. The van der Waals surface area contributed by atoms with Crippen LogP contribution in [0.2, 0.25) is 0 Å². The number of amides is 1. The molecule has 2 aliphatic rings. The summed E-state index contributed by atoms with van der Waals surface area (Å²) in [5, 5.41) is 11.7. The van der Waals surface area contributed by atoms with E-state index in [2.05, 4.69) is 20.4 Å². The first-order valence-electron chi connectivity index (χ1n) is 10.9. The van der Waals surface area contributed by atoms with Crippen molar-refractivity contribution in [3.63, 3.8) is 0 Å². The van der Waals surface area contributed by atoms with Crippen LogP contribution in [0.4, 0.5) is 11.5 Å². The van der Waals surface area contributed by atoms with Gasteiger partial charge in [-0.1, -0.05) is 12.1 Å². The van der Waals surface area contributed by atoms with Gasteiger partial charge >= 0.3 is 0 Å². The Kier molecular flexibility index (Phi) is 6.52. The second-order valence-electron chi connectivity index (χ2n) is 8.33. The highest BCUT2D eigenvalue weighted by Gasteiger charge is 2.28. The van der Waals surface area contributed by atoms with Crippen molar-refractivity contribution in [2.45, 2.75) is 32.1 Å². The number of nitrogens with one attached hydrogen (secondary N) is 1. The summed E-state index contributed by atoms with van der Waals surface area (Å²) in [7, 11) is -3.19. The molecule has 0 spiro atoms. The zero-order chi connectivity index (χ0) is 21.8. The number of aromatic nitrogens is 2. The minimum atomic E-state index is -3.19. The summed E-state index contributed by atoms with van der Waals surface area (Å²) in [6, 6.07) is 11.6. The zero-order valence-corrected chi connectivity index (χ0v) is 18.6. The Balaban J connectivity index is 1.33. The SMILES string of the molecule is CS(=O)(=O)N1CCC(C(=O)Nc2ccc(-c3ccc(N4CCCCC4)nn3)cc2)CC1. The van der Waals surface area contributed by atoms with Crippen LogP contribution < -0.4 is 10.2 Å². The van der Waals surface area contributed by atoms with E-state index in [1.54, 1.807) is 0 Å². The van der Waals surface area contributed by atoms with Crippen LogP contribution in [-0.2, 0) is 14.8 Å². The number of hydrogen-bond donors (Lipinski definition) is 1. The van der Waals surface area contributed by atoms with Gasteiger partial charge in [-0.05, 0) is 56.4 Å². The van der Waals surface area contributed by atoms with Crippen molar-refractivity contribution < 1.29 is 13.2 Å². The molecule has 2 aliphatic heterocycles. The van der Waals surface area contributed by atoms with Gasteiger partial charge in [0.2, 0.25) is 15.9 Å². The van der Waals surface area contributed by atoms with Gasteiger partial charge in [-0.25, -0.2) is 12.7 Å². The number of piperidine rings is 2. The fourth-order valence-corrected chi connectivity index (χ4v) is 5.06. The van der Waals surface area contributed by atoms with Crippen LogP contribution in [-0.4, -0.2) is 61.3 Å². The van der Waals surface area contributed by atoms with E-state index in [1.807, 2.05) is 36.4 Å². The summed E-state index contributed by atoms with van der Waals surface area (Å²) in [5.41, 5.74) is 2.46. The Bertz CT molecular complexity index is 994. The first-order valence-corrected chi connectivity index (χ1v) is 12.7. The molecule has 0 unspecified atom stereocenters. The van der Waals surface area contributed by atoms with E-state index in [0.717, 1.165) is 35.9 Å². The van der Waals surface area contributed by atoms with Gasteiger partial charge < -0.3 is 10.2 Å². The van der Waals surface area contributed by atoms with E-state index >= 15 is 0 Å². The molecule has 0 bridgehead atoms. The quantitative estimate of drug-likeness (QED) is 0.763. The van der Waals surface area contributed by atoms with Crippen molar-refractivity contribution in [1.29, 1.82) is 0 Å². The lowest BCUT2D eigenvalue weighted by Crippen LogP contribution is -2.40. The van der Waals surface area contributed by atoms with Gasteiger partial charge in [0.25, 0.3) is 0 Å². The lowest BCUT2D eigenvalue weighted by atomic mass is 9.97. The maximum absolute atomic E-state index is 12.6. The lowest BCUT2D eigenvalue weighted by Gasteiger charge is -2.29. The number of carbonyl (C=O) groups excluding carboxylic acids is 1. The summed E-state index contributed by atoms with van der Waals surface area (Å²) >= 11 is 0. The monoisotopic (exact) mass is 443 g/mol. The van der Waals surface area contributed by atoms with Crippen molar-refractivity contribution in [2.75, 3.05) is 42.7 Å². The molecule has 0 radical (unpaired) electrons. The largest absolute Gasteiger partial charge is 0.355 e. The smallest absolute Gasteiger partial charge is 0.227 e. The Morgan fingerprint density at radius 2 is 1.61 bits per heavy atom. The predicted molar refractivity (Wildman–Crippen MR) is 121 cm³/mol. The molecule has 166 valence electrons. The van der Waals surface area contributed by atoms with Crippen molar-refractivity contribution in [3.05, 3.63) is 36.4 Å². The van der Waals surface area contributed by atoms with Crippen molar-refractivity contribution in [3.8, 4) is 11.3 Å². The zero-order valence-electron chi connectivity index (χ0n) is 17.8. The maximum atomic E-state index is 12.6. The van der Waals surface area contributed by atoms with E-state index in [9.17, 15) is 13.2 Å². The van der Waals surface area contributed by atoms with Crippen LogP contribution in [0.1, 0.15) is 32.1 Å². The van der Waals surface area contributed by atoms with Gasteiger partial charge in [-0.15, -0.1) is 10.2 Å². The van der Waals surface area contributed by atoms with Crippen molar-refractivity contribution >= 4 is 27.4 Å². The average molecular weight is 444 g/mol. The lowest BCUT2D eigenvalue weighted by molar-refractivity contribution is -0.120. The molecule has 3 heterocycles. The Morgan fingerprint density at radius 1 is 0.935 bits per heavy atom. The standard InChI is InChI=1S/C22H29N5O3S/c1-31(29,30)27-15-11-18(12-16-27)22(28)23-19-7-5-17(6-8-19)20-9-10-21(25-24-20)26-13-3-2-4-14-26/h5-10,18H,2-4,11-16H2,1H3,(H,23,28). The number of nitrogens with zero attached hydrogens (tertiary/aromatic N) is 4. The van der Waals surface area contributed by atoms with Gasteiger partial charge in [0.05, 0.1) is 11.9 Å². The first-order chi connectivity index (χ1) is 14.9. The highest BCUT2D eigenvalue weighted by molar-refractivity contribution is 7.88. The number of benzene rings is 1. The summed E-state index contributed by atoms with van der Waals surface area (Å²) in [6.45, 7) is 2.86. The molecular formula is C22H29N5O3S.